The summed E-state index contributed by atoms with van der Waals surface area (Å²) in [6, 6.07) is 4.95. The normalized spacial score (nSPS) is 12.0. The summed E-state index contributed by atoms with van der Waals surface area (Å²) in [4.78, 5) is 20.1. The van der Waals surface area contributed by atoms with E-state index in [0.29, 0.717) is 33.3 Å². The Morgan fingerprint density at radius 2 is 2.05 bits per heavy atom. The smallest absolute Gasteiger partial charge is 0.254 e. The van der Waals surface area contributed by atoms with Gasteiger partial charge in [0.1, 0.15) is 6.33 Å². The van der Waals surface area contributed by atoms with Gasteiger partial charge in [-0.25, -0.2) is 9.97 Å². The zero-order chi connectivity index (χ0) is 16.1. The van der Waals surface area contributed by atoms with Gasteiger partial charge in [-0.05, 0) is 18.6 Å². The third-order valence-electron chi connectivity index (χ3n) is 3.16. The molecule has 7 heteroatoms. The molecule has 2 aromatic rings. The summed E-state index contributed by atoms with van der Waals surface area (Å²) in [5, 5.41) is 13.5. The van der Waals surface area contributed by atoms with Crippen molar-refractivity contribution in [3.05, 3.63) is 57.6 Å². The molecule has 5 nitrogen and oxygen atoms in total. The molecule has 1 heterocycles. The number of halogens is 2. The Bertz CT molecular complexity index is 659. The molecule has 22 heavy (non-hydrogen) atoms. The van der Waals surface area contributed by atoms with Gasteiger partial charge in [0.15, 0.2) is 0 Å². The van der Waals surface area contributed by atoms with Crippen LogP contribution in [-0.4, -0.2) is 27.5 Å². The van der Waals surface area contributed by atoms with Crippen molar-refractivity contribution >= 4 is 29.1 Å². The summed E-state index contributed by atoms with van der Waals surface area (Å²) in [7, 11) is 0. The number of aryl methyl sites for hydroxylation is 1. The standard InChI is InChI=1S/C15H15Cl2N3O2/c1-2-12-9(6-18-8-20-12)15(22)19-7-13(21)14-10(16)4-3-5-11(14)17/h3-6,8,13,21H,2,7H2,1H3,(H,19,22)/t13-/m0/s1. The van der Waals surface area contributed by atoms with Crippen molar-refractivity contribution in [2.75, 3.05) is 6.54 Å². The molecule has 0 aliphatic heterocycles. The van der Waals surface area contributed by atoms with Crippen LogP contribution in [0.3, 0.4) is 0 Å². The molecular formula is C15H15Cl2N3O2. The lowest BCUT2D eigenvalue weighted by molar-refractivity contribution is 0.0914. The van der Waals surface area contributed by atoms with E-state index in [0.717, 1.165) is 0 Å². The molecule has 0 saturated carbocycles. The van der Waals surface area contributed by atoms with E-state index < -0.39 is 6.10 Å². The van der Waals surface area contributed by atoms with Gasteiger partial charge in [-0.3, -0.25) is 4.79 Å². The van der Waals surface area contributed by atoms with Gasteiger partial charge in [0.25, 0.3) is 5.91 Å². The number of benzene rings is 1. The van der Waals surface area contributed by atoms with Crippen molar-refractivity contribution in [3.8, 4) is 0 Å². The number of hydrogen-bond acceptors (Lipinski definition) is 4. The van der Waals surface area contributed by atoms with Gasteiger partial charge >= 0.3 is 0 Å². The van der Waals surface area contributed by atoms with Crippen molar-refractivity contribution in [1.82, 2.24) is 15.3 Å². The Hall–Kier alpha value is -1.69. The number of carbonyl (C=O) groups excluding carboxylic acids is 1. The molecule has 0 unspecified atom stereocenters. The van der Waals surface area contributed by atoms with Crippen molar-refractivity contribution in [2.45, 2.75) is 19.4 Å². The molecule has 0 bridgehead atoms. The van der Waals surface area contributed by atoms with Crippen LogP contribution in [0.25, 0.3) is 0 Å². The van der Waals surface area contributed by atoms with E-state index in [1.54, 1.807) is 18.2 Å². The predicted molar refractivity (Wildman–Crippen MR) is 85.2 cm³/mol. The number of nitrogens with one attached hydrogen (secondary N) is 1. The number of nitrogens with zero attached hydrogens (tertiary/aromatic N) is 2. The molecule has 1 amide bonds. The number of rotatable bonds is 5. The van der Waals surface area contributed by atoms with Crippen LogP contribution in [0.1, 0.15) is 34.6 Å². The highest BCUT2D eigenvalue weighted by Gasteiger charge is 2.18. The van der Waals surface area contributed by atoms with E-state index in [4.69, 9.17) is 23.2 Å². The molecule has 0 radical (unpaired) electrons. The van der Waals surface area contributed by atoms with E-state index in [-0.39, 0.29) is 12.5 Å². The molecule has 0 aliphatic rings. The first-order valence-electron chi connectivity index (χ1n) is 6.73. The zero-order valence-corrected chi connectivity index (χ0v) is 13.4. The first kappa shape index (κ1) is 16.7. The molecule has 116 valence electrons. The fraction of sp³-hybridized carbons (Fsp3) is 0.267. The highest BCUT2D eigenvalue weighted by atomic mass is 35.5. The minimum atomic E-state index is -1.00. The number of amides is 1. The Morgan fingerprint density at radius 3 is 2.68 bits per heavy atom. The summed E-state index contributed by atoms with van der Waals surface area (Å²) in [6.45, 7) is 1.89. The second-order valence-electron chi connectivity index (χ2n) is 4.60. The van der Waals surface area contributed by atoms with E-state index in [9.17, 15) is 9.90 Å². The number of aromatic nitrogens is 2. The summed E-state index contributed by atoms with van der Waals surface area (Å²) in [5.41, 5.74) is 1.44. The summed E-state index contributed by atoms with van der Waals surface area (Å²) in [6.07, 6.45) is 2.47. The zero-order valence-electron chi connectivity index (χ0n) is 11.9. The monoisotopic (exact) mass is 339 g/mol. The molecule has 1 atom stereocenters. The average molecular weight is 340 g/mol. The molecule has 0 fully saturated rings. The van der Waals surface area contributed by atoms with Gasteiger partial charge < -0.3 is 10.4 Å². The van der Waals surface area contributed by atoms with Crippen molar-refractivity contribution < 1.29 is 9.90 Å². The Morgan fingerprint density at radius 1 is 1.36 bits per heavy atom. The van der Waals surface area contributed by atoms with Gasteiger partial charge in [0.2, 0.25) is 0 Å². The van der Waals surface area contributed by atoms with Gasteiger partial charge in [0.05, 0.1) is 17.4 Å². The number of hydrogen-bond donors (Lipinski definition) is 2. The highest BCUT2D eigenvalue weighted by Crippen LogP contribution is 2.29. The van der Waals surface area contributed by atoms with Crippen LogP contribution < -0.4 is 5.32 Å². The Kier molecular flexibility index (Phi) is 5.71. The van der Waals surface area contributed by atoms with Crippen LogP contribution in [0.15, 0.2) is 30.7 Å². The molecule has 0 spiro atoms. The molecular weight excluding hydrogens is 325 g/mol. The number of aliphatic hydroxyl groups excluding tert-OH is 1. The van der Waals surface area contributed by atoms with Crippen LogP contribution >= 0.6 is 23.2 Å². The second kappa shape index (κ2) is 7.54. The fourth-order valence-corrected chi connectivity index (χ4v) is 2.69. The lowest BCUT2D eigenvalue weighted by atomic mass is 10.1. The average Bonchev–Trinajstić information content (AvgIpc) is 2.52. The molecule has 2 rings (SSSR count). The predicted octanol–water partition coefficient (Wildman–Crippen LogP) is 2.81. The SMILES string of the molecule is CCc1ncncc1C(=O)NC[C@H](O)c1c(Cl)cccc1Cl. The van der Waals surface area contributed by atoms with Crippen molar-refractivity contribution in [2.24, 2.45) is 0 Å². The first-order valence-corrected chi connectivity index (χ1v) is 7.49. The minimum Gasteiger partial charge on any atom is -0.386 e. The molecule has 1 aromatic carbocycles. The third-order valence-corrected chi connectivity index (χ3v) is 3.82. The minimum absolute atomic E-state index is 0.0136. The summed E-state index contributed by atoms with van der Waals surface area (Å²) in [5.74, 6) is -0.348. The fourth-order valence-electron chi connectivity index (χ4n) is 2.04. The van der Waals surface area contributed by atoms with E-state index >= 15 is 0 Å². The van der Waals surface area contributed by atoms with Crippen LogP contribution in [0.4, 0.5) is 0 Å². The van der Waals surface area contributed by atoms with E-state index in [1.165, 1.54) is 12.5 Å². The first-order chi connectivity index (χ1) is 10.5. The van der Waals surface area contributed by atoms with Gasteiger partial charge in [-0.2, -0.15) is 0 Å². The van der Waals surface area contributed by atoms with E-state index in [1.807, 2.05) is 6.92 Å². The van der Waals surface area contributed by atoms with Crippen LogP contribution in [0.5, 0.6) is 0 Å². The van der Waals surface area contributed by atoms with Gasteiger partial charge in [-0.1, -0.05) is 36.2 Å². The van der Waals surface area contributed by atoms with Crippen LogP contribution in [-0.2, 0) is 6.42 Å². The summed E-state index contributed by atoms with van der Waals surface area (Å²) >= 11 is 12.1. The van der Waals surface area contributed by atoms with Crippen LogP contribution in [0.2, 0.25) is 10.0 Å². The topological polar surface area (TPSA) is 75.1 Å². The largest absolute Gasteiger partial charge is 0.386 e. The van der Waals surface area contributed by atoms with Gasteiger partial charge in [-0.15, -0.1) is 0 Å². The van der Waals surface area contributed by atoms with Crippen molar-refractivity contribution in [3.63, 3.8) is 0 Å². The molecule has 0 saturated heterocycles. The quantitative estimate of drug-likeness (QED) is 0.878. The Balaban J connectivity index is 2.08. The third kappa shape index (κ3) is 3.74. The maximum absolute atomic E-state index is 12.2. The maximum Gasteiger partial charge on any atom is 0.254 e. The Labute approximate surface area is 138 Å². The molecule has 1 aromatic heterocycles. The van der Waals surface area contributed by atoms with Crippen molar-refractivity contribution in [1.29, 1.82) is 0 Å². The highest BCUT2D eigenvalue weighted by molar-refractivity contribution is 6.36. The van der Waals surface area contributed by atoms with E-state index in [2.05, 4.69) is 15.3 Å². The molecule has 2 N–H and O–H groups in total. The number of carbonyl (C=O) groups is 1. The lowest BCUT2D eigenvalue weighted by Gasteiger charge is -2.15. The second-order valence-corrected chi connectivity index (χ2v) is 5.41. The van der Waals surface area contributed by atoms with Gasteiger partial charge in [0, 0.05) is 28.4 Å². The maximum atomic E-state index is 12.2. The van der Waals surface area contributed by atoms with Crippen LogP contribution in [0, 0.1) is 0 Å². The molecule has 0 aliphatic carbocycles. The summed E-state index contributed by atoms with van der Waals surface area (Å²) < 4.78 is 0. The lowest BCUT2D eigenvalue weighted by Crippen LogP contribution is -2.29. The number of aliphatic hydroxyl groups is 1.